The van der Waals surface area contributed by atoms with Crippen molar-refractivity contribution >= 4 is 11.7 Å². The summed E-state index contributed by atoms with van der Waals surface area (Å²) in [4.78, 5) is 14.9. The van der Waals surface area contributed by atoms with Gasteiger partial charge in [0.2, 0.25) is 0 Å². The van der Waals surface area contributed by atoms with Crippen molar-refractivity contribution in [2.75, 3.05) is 37.6 Å². The van der Waals surface area contributed by atoms with E-state index >= 15 is 0 Å². The molecule has 1 aliphatic rings. The first-order valence-electron chi connectivity index (χ1n) is 6.51. The van der Waals surface area contributed by atoms with Crippen LogP contribution >= 0.6 is 0 Å². The molecule has 0 bridgehead atoms. The van der Waals surface area contributed by atoms with Crippen molar-refractivity contribution in [3.8, 4) is 0 Å². The molecule has 1 fully saturated rings. The van der Waals surface area contributed by atoms with Gasteiger partial charge in [0, 0.05) is 38.4 Å². The second-order valence-electron chi connectivity index (χ2n) is 4.91. The topological polar surface area (TPSA) is 43.8 Å². The zero-order valence-corrected chi connectivity index (χ0v) is 11.1. The average molecular weight is 266 g/mol. The van der Waals surface area contributed by atoms with Crippen LogP contribution in [0, 0.1) is 12.7 Å². The Morgan fingerprint density at radius 1 is 1.32 bits per heavy atom. The fourth-order valence-electron chi connectivity index (χ4n) is 2.31. The first kappa shape index (κ1) is 13.8. The molecule has 1 aromatic rings. The number of benzene rings is 1. The molecule has 1 N–H and O–H groups in total. The Hall–Kier alpha value is -1.62. The molecule has 0 aliphatic carbocycles. The number of anilines is 1. The second kappa shape index (κ2) is 6.02. The number of aliphatic carboxylic acids is 1. The Bertz CT molecular complexity index is 457. The Morgan fingerprint density at radius 2 is 2.00 bits per heavy atom. The van der Waals surface area contributed by atoms with E-state index in [9.17, 15) is 9.18 Å². The summed E-state index contributed by atoms with van der Waals surface area (Å²) in [6.07, 6.45) is 0.190. The van der Waals surface area contributed by atoms with Gasteiger partial charge in [0.25, 0.3) is 0 Å². The van der Waals surface area contributed by atoms with E-state index in [0.717, 1.165) is 31.9 Å². The molecule has 1 heterocycles. The highest BCUT2D eigenvalue weighted by Crippen LogP contribution is 2.19. The number of nitrogens with zero attached hydrogens (tertiary/aromatic N) is 2. The largest absolute Gasteiger partial charge is 0.481 e. The minimum atomic E-state index is -0.753. The molecular formula is C14H19FN2O2. The number of hydrogen-bond acceptors (Lipinski definition) is 3. The minimum Gasteiger partial charge on any atom is -0.481 e. The average Bonchev–Trinajstić information content (AvgIpc) is 2.40. The van der Waals surface area contributed by atoms with Crippen molar-refractivity contribution in [3.63, 3.8) is 0 Å². The number of halogens is 1. The van der Waals surface area contributed by atoms with Crippen LogP contribution in [0.15, 0.2) is 18.2 Å². The van der Waals surface area contributed by atoms with Crippen LogP contribution in [-0.2, 0) is 4.79 Å². The Kier molecular flexibility index (Phi) is 4.37. The van der Waals surface area contributed by atoms with Gasteiger partial charge in [-0.25, -0.2) is 4.39 Å². The van der Waals surface area contributed by atoms with E-state index in [-0.39, 0.29) is 12.2 Å². The van der Waals surface area contributed by atoms with Crippen molar-refractivity contribution in [3.05, 3.63) is 29.6 Å². The van der Waals surface area contributed by atoms with Crippen LogP contribution < -0.4 is 4.90 Å². The number of carbonyl (C=O) groups is 1. The van der Waals surface area contributed by atoms with Crippen LogP contribution in [0.5, 0.6) is 0 Å². The maximum absolute atomic E-state index is 13.2. The van der Waals surface area contributed by atoms with E-state index in [1.165, 1.54) is 6.07 Å². The number of aryl methyl sites for hydroxylation is 1. The summed E-state index contributed by atoms with van der Waals surface area (Å²) in [5.41, 5.74) is 1.70. The van der Waals surface area contributed by atoms with Gasteiger partial charge >= 0.3 is 5.97 Å². The van der Waals surface area contributed by atoms with Gasteiger partial charge in [-0.15, -0.1) is 0 Å². The number of carboxylic acids is 1. The van der Waals surface area contributed by atoms with Crippen LogP contribution in [0.2, 0.25) is 0 Å². The molecule has 1 aliphatic heterocycles. The molecule has 1 aromatic carbocycles. The molecule has 0 unspecified atom stereocenters. The molecular weight excluding hydrogens is 247 g/mol. The third-order valence-electron chi connectivity index (χ3n) is 3.52. The Labute approximate surface area is 112 Å². The van der Waals surface area contributed by atoms with Gasteiger partial charge in [0.1, 0.15) is 5.82 Å². The van der Waals surface area contributed by atoms with Crippen molar-refractivity contribution < 1.29 is 14.3 Å². The highest BCUT2D eigenvalue weighted by Gasteiger charge is 2.18. The zero-order chi connectivity index (χ0) is 13.8. The summed E-state index contributed by atoms with van der Waals surface area (Å²) < 4.78 is 13.2. The van der Waals surface area contributed by atoms with Gasteiger partial charge in [-0.2, -0.15) is 0 Å². The van der Waals surface area contributed by atoms with E-state index in [0.29, 0.717) is 12.1 Å². The lowest BCUT2D eigenvalue weighted by atomic mass is 10.1. The number of hydrogen-bond donors (Lipinski definition) is 1. The fraction of sp³-hybridized carbons (Fsp3) is 0.500. The maximum Gasteiger partial charge on any atom is 0.304 e. The smallest absolute Gasteiger partial charge is 0.304 e. The molecule has 1 saturated heterocycles. The SMILES string of the molecule is Cc1cc(N2CCN(CCC(=O)O)CC2)ccc1F. The summed E-state index contributed by atoms with van der Waals surface area (Å²) in [6, 6.07) is 5.17. The molecule has 104 valence electrons. The summed E-state index contributed by atoms with van der Waals surface area (Å²) in [5.74, 6) is -0.930. The lowest BCUT2D eigenvalue weighted by molar-refractivity contribution is -0.137. The van der Waals surface area contributed by atoms with Crippen LogP contribution in [0.1, 0.15) is 12.0 Å². The van der Waals surface area contributed by atoms with Gasteiger partial charge in [0.05, 0.1) is 6.42 Å². The maximum atomic E-state index is 13.2. The van der Waals surface area contributed by atoms with Crippen molar-refractivity contribution in [1.82, 2.24) is 4.90 Å². The van der Waals surface area contributed by atoms with Crippen LogP contribution in [0.3, 0.4) is 0 Å². The van der Waals surface area contributed by atoms with E-state index in [1.807, 2.05) is 6.07 Å². The molecule has 0 aromatic heterocycles. The number of piperazine rings is 1. The predicted molar refractivity (Wildman–Crippen MR) is 72.0 cm³/mol. The molecule has 0 saturated carbocycles. The van der Waals surface area contributed by atoms with Gasteiger partial charge in [-0.3, -0.25) is 9.69 Å². The van der Waals surface area contributed by atoms with Crippen molar-refractivity contribution in [1.29, 1.82) is 0 Å². The standard InChI is InChI=1S/C14H19FN2O2/c1-11-10-12(2-3-13(11)15)17-8-6-16(7-9-17)5-4-14(18)19/h2-3,10H,4-9H2,1H3,(H,18,19). The normalized spacial score (nSPS) is 16.6. The van der Waals surface area contributed by atoms with Crippen molar-refractivity contribution in [2.24, 2.45) is 0 Å². The fourth-order valence-corrected chi connectivity index (χ4v) is 2.31. The Morgan fingerprint density at radius 3 is 2.58 bits per heavy atom. The number of carboxylic acid groups (broad SMARTS) is 1. The molecule has 4 nitrogen and oxygen atoms in total. The molecule has 2 rings (SSSR count). The lowest BCUT2D eigenvalue weighted by Crippen LogP contribution is -2.46. The molecule has 5 heteroatoms. The van der Waals surface area contributed by atoms with E-state index in [4.69, 9.17) is 5.11 Å². The van der Waals surface area contributed by atoms with E-state index in [2.05, 4.69) is 9.80 Å². The summed E-state index contributed by atoms with van der Waals surface area (Å²) in [7, 11) is 0. The summed E-state index contributed by atoms with van der Waals surface area (Å²) >= 11 is 0. The lowest BCUT2D eigenvalue weighted by Gasteiger charge is -2.36. The van der Waals surface area contributed by atoms with Crippen LogP contribution in [0.4, 0.5) is 10.1 Å². The molecule has 0 amide bonds. The van der Waals surface area contributed by atoms with E-state index in [1.54, 1.807) is 13.0 Å². The molecule has 0 spiro atoms. The monoisotopic (exact) mass is 266 g/mol. The van der Waals surface area contributed by atoms with Gasteiger partial charge in [-0.1, -0.05) is 0 Å². The van der Waals surface area contributed by atoms with Crippen LogP contribution in [0.25, 0.3) is 0 Å². The zero-order valence-electron chi connectivity index (χ0n) is 11.1. The predicted octanol–water partition coefficient (Wildman–Crippen LogP) is 1.73. The minimum absolute atomic E-state index is 0.177. The third kappa shape index (κ3) is 3.67. The Balaban J connectivity index is 1.88. The second-order valence-corrected chi connectivity index (χ2v) is 4.91. The quantitative estimate of drug-likeness (QED) is 0.901. The summed E-state index contributed by atoms with van der Waals surface area (Å²) in [5, 5.41) is 8.66. The van der Waals surface area contributed by atoms with Gasteiger partial charge in [0.15, 0.2) is 0 Å². The number of rotatable bonds is 4. The molecule has 19 heavy (non-hydrogen) atoms. The van der Waals surface area contributed by atoms with E-state index < -0.39 is 5.97 Å². The highest BCUT2D eigenvalue weighted by molar-refractivity contribution is 5.66. The highest BCUT2D eigenvalue weighted by atomic mass is 19.1. The van der Waals surface area contributed by atoms with Gasteiger partial charge in [-0.05, 0) is 30.7 Å². The van der Waals surface area contributed by atoms with Crippen LogP contribution in [-0.4, -0.2) is 48.7 Å². The first-order valence-corrected chi connectivity index (χ1v) is 6.51. The van der Waals surface area contributed by atoms with Gasteiger partial charge < -0.3 is 10.0 Å². The third-order valence-corrected chi connectivity index (χ3v) is 3.52. The summed E-state index contributed by atoms with van der Waals surface area (Å²) in [6.45, 7) is 5.77. The molecule has 0 atom stereocenters. The van der Waals surface area contributed by atoms with Crippen molar-refractivity contribution in [2.45, 2.75) is 13.3 Å². The first-order chi connectivity index (χ1) is 9.06. The molecule has 0 radical (unpaired) electrons.